The second kappa shape index (κ2) is 4.77. The standard InChI is InChI=1S/C12H13N3O/c13-5-6-14-12(16)11-7-9-3-1-2-4-10(9)8-15-11/h1-4,11,15H,6-8H2,(H,14,16). The summed E-state index contributed by atoms with van der Waals surface area (Å²) in [6.45, 7) is 0.777. The minimum Gasteiger partial charge on any atom is -0.342 e. The van der Waals surface area contributed by atoms with E-state index in [4.69, 9.17) is 5.26 Å². The Hall–Kier alpha value is -1.86. The lowest BCUT2D eigenvalue weighted by atomic mass is 9.95. The molecule has 2 N–H and O–H groups in total. The third-order valence-corrected chi connectivity index (χ3v) is 2.74. The van der Waals surface area contributed by atoms with Crippen molar-refractivity contribution in [1.29, 1.82) is 5.26 Å². The van der Waals surface area contributed by atoms with Crippen LogP contribution < -0.4 is 10.6 Å². The minimum atomic E-state index is -0.219. The van der Waals surface area contributed by atoms with Crippen LogP contribution in [-0.2, 0) is 17.8 Å². The van der Waals surface area contributed by atoms with Crippen LogP contribution in [-0.4, -0.2) is 18.5 Å². The van der Waals surface area contributed by atoms with Gasteiger partial charge in [-0.2, -0.15) is 5.26 Å². The van der Waals surface area contributed by atoms with E-state index in [0.29, 0.717) is 13.0 Å². The average molecular weight is 215 g/mol. The number of fused-ring (bicyclic) bond motifs is 1. The van der Waals surface area contributed by atoms with Crippen LogP contribution in [0.1, 0.15) is 11.1 Å². The zero-order valence-corrected chi connectivity index (χ0v) is 8.86. The van der Waals surface area contributed by atoms with E-state index < -0.39 is 0 Å². The highest BCUT2D eigenvalue weighted by atomic mass is 16.2. The molecule has 0 bridgehead atoms. The molecule has 2 rings (SSSR count). The van der Waals surface area contributed by atoms with Gasteiger partial charge in [-0.3, -0.25) is 4.79 Å². The molecule has 0 aliphatic carbocycles. The number of carbonyl (C=O) groups excluding carboxylic acids is 1. The smallest absolute Gasteiger partial charge is 0.238 e. The maximum absolute atomic E-state index is 11.6. The first-order valence-corrected chi connectivity index (χ1v) is 5.26. The van der Waals surface area contributed by atoms with Crippen molar-refractivity contribution < 1.29 is 4.79 Å². The molecule has 0 saturated carbocycles. The van der Waals surface area contributed by atoms with Gasteiger partial charge in [-0.05, 0) is 17.5 Å². The minimum absolute atomic E-state index is 0.0681. The molecule has 1 aromatic rings. The van der Waals surface area contributed by atoms with Crippen LogP contribution in [0.4, 0.5) is 0 Å². The second-order valence-corrected chi connectivity index (χ2v) is 3.78. The van der Waals surface area contributed by atoms with E-state index in [-0.39, 0.29) is 18.5 Å². The van der Waals surface area contributed by atoms with Crippen LogP contribution in [0.2, 0.25) is 0 Å². The Morgan fingerprint density at radius 3 is 3.00 bits per heavy atom. The van der Waals surface area contributed by atoms with Gasteiger partial charge in [0.1, 0.15) is 6.54 Å². The lowest BCUT2D eigenvalue weighted by Gasteiger charge is -2.24. The lowest BCUT2D eigenvalue weighted by molar-refractivity contribution is -0.123. The molecule has 1 aliphatic heterocycles. The Labute approximate surface area is 94.3 Å². The van der Waals surface area contributed by atoms with E-state index in [0.717, 1.165) is 0 Å². The highest BCUT2D eigenvalue weighted by Gasteiger charge is 2.23. The van der Waals surface area contributed by atoms with Gasteiger partial charge in [-0.15, -0.1) is 0 Å². The van der Waals surface area contributed by atoms with Crippen molar-refractivity contribution in [1.82, 2.24) is 10.6 Å². The molecule has 4 heteroatoms. The topological polar surface area (TPSA) is 64.9 Å². The molecular formula is C12H13N3O. The van der Waals surface area contributed by atoms with Gasteiger partial charge in [-0.25, -0.2) is 0 Å². The maximum atomic E-state index is 11.6. The summed E-state index contributed by atoms with van der Waals surface area (Å²) >= 11 is 0. The largest absolute Gasteiger partial charge is 0.342 e. The van der Waals surface area contributed by atoms with Crippen LogP contribution in [0, 0.1) is 11.3 Å². The first kappa shape index (κ1) is 10.7. The molecule has 82 valence electrons. The number of rotatable bonds is 2. The number of nitrogens with zero attached hydrogens (tertiary/aromatic N) is 1. The number of hydrogen-bond donors (Lipinski definition) is 2. The molecule has 4 nitrogen and oxygen atoms in total. The van der Waals surface area contributed by atoms with Crippen molar-refractivity contribution in [2.24, 2.45) is 0 Å². The monoisotopic (exact) mass is 215 g/mol. The molecule has 1 aliphatic rings. The van der Waals surface area contributed by atoms with E-state index in [1.165, 1.54) is 11.1 Å². The van der Waals surface area contributed by atoms with Crippen LogP contribution in [0.25, 0.3) is 0 Å². The van der Waals surface area contributed by atoms with Crippen LogP contribution in [0.15, 0.2) is 24.3 Å². The molecule has 1 aromatic carbocycles. The summed E-state index contributed by atoms with van der Waals surface area (Å²) in [5, 5.41) is 14.1. The number of benzene rings is 1. The fourth-order valence-electron chi connectivity index (χ4n) is 1.89. The Bertz CT molecular complexity index is 436. The molecule has 0 spiro atoms. The third kappa shape index (κ3) is 2.20. The third-order valence-electron chi connectivity index (χ3n) is 2.74. The summed E-state index contributed by atoms with van der Waals surface area (Å²) in [7, 11) is 0. The highest BCUT2D eigenvalue weighted by molar-refractivity contribution is 5.82. The number of nitriles is 1. The summed E-state index contributed by atoms with van der Waals surface area (Å²) < 4.78 is 0. The molecule has 0 radical (unpaired) electrons. The highest BCUT2D eigenvalue weighted by Crippen LogP contribution is 2.15. The Morgan fingerprint density at radius 1 is 1.50 bits per heavy atom. The Morgan fingerprint density at radius 2 is 2.25 bits per heavy atom. The van der Waals surface area contributed by atoms with Crippen molar-refractivity contribution in [3.8, 4) is 6.07 Å². The molecule has 0 aromatic heterocycles. The lowest BCUT2D eigenvalue weighted by Crippen LogP contribution is -2.47. The number of amides is 1. The summed E-state index contributed by atoms with van der Waals surface area (Å²) in [5.41, 5.74) is 2.45. The molecule has 16 heavy (non-hydrogen) atoms. The molecule has 1 atom stereocenters. The van der Waals surface area contributed by atoms with Crippen molar-refractivity contribution in [3.05, 3.63) is 35.4 Å². The molecule has 1 unspecified atom stereocenters. The van der Waals surface area contributed by atoms with Gasteiger partial charge in [0, 0.05) is 6.54 Å². The fraction of sp³-hybridized carbons (Fsp3) is 0.333. The molecule has 0 saturated heterocycles. The molecule has 1 heterocycles. The van der Waals surface area contributed by atoms with E-state index in [9.17, 15) is 4.79 Å². The van der Waals surface area contributed by atoms with E-state index in [1.54, 1.807) is 0 Å². The van der Waals surface area contributed by atoms with Gasteiger partial charge in [0.25, 0.3) is 0 Å². The number of hydrogen-bond acceptors (Lipinski definition) is 3. The van der Waals surface area contributed by atoms with Crippen molar-refractivity contribution >= 4 is 5.91 Å². The van der Waals surface area contributed by atoms with Gasteiger partial charge in [-0.1, -0.05) is 24.3 Å². The first-order valence-electron chi connectivity index (χ1n) is 5.26. The SMILES string of the molecule is N#CCNC(=O)C1Cc2ccccc2CN1. The molecule has 0 fully saturated rings. The van der Waals surface area contributed by atoms with E-state index >= 15 is 0 Å². The number of carbonyl (C=O) groups is 1. The zero-order chi connectivity index (χ0) is 11.4. The number of nitrogens with one attached hydrogen (secondary N) is 2. The molecular weight excluding hydrogens is 202 g/mol. The van der Waals surface area contributed by atoms with Gasteiger partial charge < -0.3 is 10.6 Å². The maximum Gasteiger partial charge on any atom is 0.238 e. The van der Waals surface area contributed by atoms with Crippen LogP contribution in [0.5, 0.6) is 0 Å². The summed E-state index contributed by atoms with van der Waals surface area (Å²) in [4.78, 5) is 11.6. The van der Waals surface area contributed by atoms with Gasteiger partial charge >= 0.3 is 0 Å². The first-order chi connectivity index (χ1) is 7.81. The predicted molar refractivity (Wildman–Crippen MR) is 59.4 cm³/mol. The van der Waals surface area contributed by atoms with Gasteiger partial charge in [0.2, 0.25) is 5.91 Å². The van der Waals surface area contributed by atoms with E-state index in [2.05, 4.69) is 16.7 Å². The van der Waals surface area contributed by atoms with Gasteiger partial charge in [0.15, 0.2) is 0 Å². The predicted octanol–water partition coefficient (Wildman–Crippen LogP) is 0.341. The summed E-state index contributed by atoms with van der Waals surface area (Å²) in [6.07, 6.45) is 0.688. The summed E-state index contributed by atoms with van der Waals surface area (Å²) in [6, 6.07) is 9.76. The fourth-order valence-corrected chi connectivity index (χ4v) is 1.89. The van der Waals surface area contributed by atoms with Crippen molar-refractivity contribution in [2.45, 2.75) is 19.0 Å². The van der Waals surface area contributed by atoms with Crippen LogP contribution >= 0.6 is 0 Å². The Balaban J connectivity index is 2.03. The average Bonchev–Trinajstić information content (AvgIpc) is 2.35. The second-order valence-electron chi connectivity index (χ2n) is 3.78. The Kier molecular flexibility index (Phi) is 3.18. The zero-order valence-electron chi connectivity index (χ0n) is 8.86. The van der Waals surface area contributed by atoms with Crippen LogP contribution in [0.3, 0.4) is 0 Å². The summed E-state index contributed by atoms with van der Waals surface area (Å²) in [5.74, 6) is -0.101. The van der Waals surface area contributed by atoms with E-state index in [1.807, 2.05) is 24.3 Å². The van der Waals surface area contributed by atoms with Crippen molar-refractivity contribution in [3.63, 3.8) is 0 Å². The van der Waals surface area contributed by atoms with Gasteiger partial charge in [0.05, 0.1) is 12.1 Å². The quantitative estimate of drug-likeness (QED) is 0.699. The normalized spacial score (nSPS) is 18.3. The molecule has 1 amide bonds. The van der Waals surface area contributed by atoms with Crippen molar-refractivity contribution in [2.75, 3.05) is 6.54 Å².